The molecule has 0 spiro atoms. The molecule has 1 heterocycles. The molecule has 4 nitrogen and oxygen atoms in total. The maximum absolute atomic E-state index is 13.6. The largest absolute Gasteiger partial charge is 0.378 e. The number of amides is 1. The van der Waals surface area contributed by atoms with Gasteiger partial charge in [-0.15, -0.1) is 0 Å². The van der Waals surface area contributed by atoms with Gasteiger partial charge in [0.25, 0.3) is 5.91 Å². The van der Waals surface area contributed by atoms with Crippen LogP contribution in [0.15, 0.2) is 36.5 Å². The van der Waals surface area contributed by atoms with Gasteiger partial charge in [-0.25, -0.2) is 4.39 Å². The van der Waals surface area contributed by atoms with E-state index in [2.05, 4.69) is 5.32 Å². The van der Waals surface area contributed by atoms with E-state index in [0.29, 0.717) is 0 Å². The normalized spacial score (nSPS) is 12.2. The lowest BCUT2D eigenvalue weighted by Crippen LogP contribution is -2.29. The van der Waals surface area contributed by atoms with Crippen LogP contribution in [0.5, 0.6) is 0 Å². The van der Waals surface area contributed by atoms with Crippen LogP contribution >= 0.6 is 11.6 Å². The van der Waals surface area contributed by atoms with Crippen molar-refractivity contribution < 1.29 is 14.3 Å². The monoisotopic (exact) mass is 296 g/mol. The SMILES string of the molecule is Cn1cccc1CNC(=O)C(O)c1ccc(Cl)cc1F. The first kappa shape index (κ1) is 14.6. The molecule has 1 atom stereocenters. The predicted octanol–water partition coefficient (Wildman–Crippen LogP) is 2.17. The van der Waals surface area contributed by atoms with E-state index in [9.17, 15) is 14.3 Å². The van der Waals surface area contributed by atoms with Gasteiger partial charge in [0.15, 0.2) is 6.10 Å². The van der Waals surface area contributed by atoms with Gasteiger partial charge in [0.05, 0.1) is 6.54 Å². The zero-order chi connectivity index (χ0) is 14.7. The summed E-state index contributed by atoms with van der Waals surface area (Å²) in [5.41, 5.74) is 0.779. The van der Waals surface area contributed by atoms with Crippen molar-refractivity contribution in [3.63, 3.8) is 0 Å². The van der Waals surface area contributed by atoms with Crippen LogP contribution in [0.1, 0.15) is 17.4 Å². The molecule has 1 aromatic heterocycles. The third-order valence-electron chi connectivity index (χ3n) is 3.00. The lowest BCUT2D eigenvalue weighted by atomic mass is 10.1. The minimum atomic E-state index is -1.56. The molecular formula is C14H14ClFN2O2. The highest BCUT2D eigenvalue weighted by atomic mass is 35.5. The van der Waals surface area contributed by atoms with Gasteiger partial charge >= 0.3 is 0 Å². The Morgan fingerprint density at radius 2 is 2.25 bits per heavy atom. The second-order valence-electron chi connectivity index (χ2n) is 4.40. The molecule has 0 saturated carbocycles. The number of aliphatic hydroxyl groups excluding tert-OH is 1. The van der Waals surface area contributed by atoms with E-state index in [0.717, 1.165) is 11.8 Å². The predicted molar refractivity (Wildman–Crippen MR) is 73.6 cm³/mol. The molecule has 2 N–H and O–H groups in total. The number of hydrogen-bond donors (Lipinski definition) is 2. The molecule has 0 aliphatic carbocycles. The van der Waals surface area contributed by atoms with E-state index >= 15 is 0 Å². The van der Waals surface area contributed by atoms with Crippen LogP contribution in [-0.4, -0.2) is 15.6 Å². The topological polar surface area (TPSA) is 54.3 Å². The number of hydrogen-bond acceptors (Lipinski definition) is 2. The minimum absolute atomic E-state index is 0.0984. The molecule has 1 unspecified atom stereocenters. The molecule has 0 bridgehead atoms. The standard InChI is InChI=1S/C14H14ClFN2O2/c1-18-6-2-3-10(18)8-17-14(20)13(19)11-5-4-9(15)7-12(11)16/h2-7,13,19H,8H2,1H3,(H,17,20). The summed E-state index contributed by atoms with van der Waals surface area (Å²) in [5, 5.41) is 12.6. The fourth-order valence-corrected chi connectivity index (χ4v) is 1.98. The minimum Gasteiger partial charge on any atom is -0.378 e. The fourth-order valence-electron chi connectivity index (χ4n) is 1.82. The lowest BCUT2D eigenvalue weighted by Gasteiger charge is -2.13. The zero-order valence-corrected chi connectivity index (χ0v) is 11.6. The Hall–Kier alpha value is -1.85. The average Bonchev–Trinajstić information content (AvgIpc) is 2.81. The molecule has 106 valence electrons. The van der Waals surface area contributed by atoms with Crippen molar-refractivity contribution in [1.82, 2.24) is 9.88 Å². The number of halogens is 2. The number of rotatable bonds is 4. The van der Waals surface area contributed by atoms with Gasteiger partial charge < -0.3 is 15.0 Å². The summed E-state index contributed by atoms with van der Waals surface area (Å²) >= 11 is 5.62. The first-order valence-corrected chi connectivity index (χ1v) is 6.38. The molecule has 0 aliphatic heterocycles. The second-order valence-corrected chi connectivity index (χ2v) is 4.83. The highest BCUT2D eigenvalue weighted by molar-refractivity contribution is 6.30. The first-order valence-electron chi connectivity index (χ1n) is 6.00. The Morgan fingerprint density at radius 1 is 1.50 bits per heavy atom. The van der Waals surface area contributed by atoms with Gasteiger partial charge in [0.1, 0.15) is 5.82 Å². The Labute approximate surface area is 120 Å². The number of benzene rings is 1. The average molecular weight is 297 g/mol. The van der Waals surface area contributed by atoms with Crippen LogP contribution in [0.4, 0.5) is 4.39 Å². The maximum atomic E-state index is 13.6. The first-order chi connectivity index (χ1) is 9.49. The van der Waals surface area contributed by atoms with Gasteiger partial charge in [0, 0.05) is 29.5 Å². The third kappa shape index (κ3) is 3.18. The molecule has 1 amide bonds. The second kappa shape index (κ2) is 6.07. The summed E-state index contributed by atoms with van der Waals surface area (Å²) in [4.78, 5) is 11.8. The molecule has 0 fully saturated rings. The van der Waals surface area contributed by atoms with Crippen molar-refractivity contribution >= 4 is 17.5 Å². The van der Waals surface area contributed by atoms with Crippen LogP contribution in [0.3, 0.4) is 0 Å². The number of aryl methyl sites for hydroxylation is 1. The fraction of sp³-hybridized carbons (Fsp3) is 0.214. The molecule has 0 saturated heterocycles. The summed E-state index contributed by atoms with van der Waals surface area (Å²) in [6, 6.07) is 7.47. The van der Waals surface area contributed by atoms with Crippen LogP contribution in [0.2, 0.25) is 5.02 Å². The summed E-state index contributed by atoms with van der Waals surface area (Å²) in [5.74, 6) is -1.37. The van der Waals surface area contributed by atoms with Crippen LogP contribution < -0.4 is 5.32 Å². The van der Waals surface area contributed by atoms with Crippen molar-refractivity contribution in [2.24, 2.45) is 7.05 Å². The van der Waals surface area contributed by atoms with Crippen LogP contribution in [0, 0.1) is 5.82 Å². The Bertz CT molecular complexity index is 627. The van der Waals surface area contributed by atoms with E-state index < -0.39 is 17.8 Å². The van der Waals surface area contributed by atoms with Crippen molar-refractivity contribution in [1.29, 1.82) is 0 Å². The van der Waals surface area contributed by atoms with Crippen molar-refractivity contribution in [3.8, 4) is 0 Å². The van der Waals surface area contributed by atoms with E-state index in [1.54, 1.807) is 0 Å². The van der Waals surface area contributed by atoms with Crippen molar-refractivity contribution in [2.75, 3.05) is 0 Å². The van der Waals surface area contributed by atoms with Gasteiger partial charge in [-0.05, 0) is 24.3 Å². The van der Waals surface area contributed by atoms with E-state index in [1.165, 1.54) is 12.1 Å². The molecule has 20 heavy (non-hydrogen) atoms. The Balaban J connectivity index is 2.03. The highest BCUT2D eigenvalue weighted by Crippen LogP contribution is 2.21. The molecule has 6 heteroatoms. The van der Waals surface area contributed by atoms with Crippen molar-refractivity contribution in [2.45, 2.75) is 12.6 Å². The lowest BCUT2D eigenvalue weighted by molar-refractivity contribution is -0.129. The highest BCUT2D eigenvalue weighted by Gasteiger charge is 2.20. The molecule has 1 aromatic carbocycles. The van der Waals surface area contributed by atoms with Crippen LogP contribution in [0.25, 0.3) is 0 Å². The molecule has 0 aliphatic rings. The summed E-state index contributed by atoms with van der Waals surface area (Å²) < 4.78 is 15.5. The quantitative estimate of drug-likeness (QED) is 0.908. The molecule has 2 rings (SSSR count). The molecular weight excluding hydrogens is 283 g/mol. The summed E-state index contributed by atoms with van der Waals surface area (Å²) in [6.45, 7) is 0.259. The number of carbonyl (C=O) groups is 1. The number of carbonyl (C=O) groups excluding carboxylic acids is 1. The van der Waals surface area contributed by atoms with E-state index in [4.69, 9.17) is 11.6 Å². The Kier molecular flexibility index (Phi) is 4.42. The van der Waals surface area contributed by atoms with Gasteiger partial charge in [-0.1, -0.05) is 17.7 Å². The number of aromatic nitrogens is 1. The van der Waals surface area contributed by atoms with E-state index in [-0.39, 0.29) is 17.1 Å². The van der Waals surface area contributed by atoms with Crippen LogP contribution in [-0.2, 0) is 18.4 Å². The molecule has 2 aromatic rings. The zero-order valence-electron chi connectivity index (χ0n) is 10.8. The van der Waals surface area contributed by atoms with Gasteiger partial charge in [-0.2, -0.15) is 0 Å². The third-order valence-corrected chi connectivity index (χ3v) is 3.24. The number of nitrogens with zero attached hydrogens (tertiary/aromatic N) is 1. The summed E-state index contributed by atoms with van der Waals surface area (Å²) in [6.07, 6.45) is 0.282. The number of aliphatic hydroxyl groups is 1. The van der Waals surface area contributed by atoms with Crippen molar-refractivity contribution in [3.05, 3.63) is 58.6 Å². The van der Waals surface area contributed by atoms with Gasteiger partial charge in [-0.3, -0.25) is 4.79 Å². The summed E-state index contributed by atoms with van der Waals surface area (Å²) in [7, 11) is 1.84. The number of nitrogens with one attached hydrogen (secondary N) is 1. The molecule has 0 radical (unpaired) electrons. The smallest absolute Gasteiger partial charge is 0.253 e. The van der Waals surface area contributed by atoms with Gasteiger partial charge in [0.2, 0.25) is 0 Å². The van der Waals surface area contributed by atoms with E-state index in [1.807, 2.05) is 29.9 Å². The Morgan fingerprint density at radius 3 is 2.85 bits per heavy atom. The maximum Gasteiger partial charge on any atom is 0.253 e.